The molecule has 3 aliphatic rings. The summed E-state index contributed by atoms with van der Waals surface area (Å²) in [6.45, 7) is 4.81. The van der Waals surface area contributed by atoms with E-state index in [4.69, 9.17) is 4.74 Å². The summed E-state index contributed by atoms with van der Waals surface area (Å²) in [5.41, 5.74) is 14.3. The molecule has 0 N–H and O–H groups in total. The molecular weight excluding hydrogens is 711 g/mol. The third-order valence-corrected chi connectivity index (χ3v) is 14.6. The highest BCUT2D eigenvalue weighted by atomic mass is 32.1. The highest BCUT2D eigenvalue weighted by Gasteiger charge is 2.39. The molecule has 0 unspecified atom stereocenters. The lowest BCUT2D eigenvalue weighted by molar-refractivity contribution is 0.426. The third kappa shape index (κ3) is 4.19. The largest absolute Gasteiger partial charge is 0.456 e. The van der Waals surface area contributed by atoms with Crippen molar-refractivity contribution in [2.45, 2.75) is 38.5 Å². The smallest absolute Gasteiger partial charge is 0.141 e. The van der Waals surface area contributed by atoms with Crippen molar-refractivity contribution in [3.63, 3.8) is 0 Å². The highest BCUT2D eigenvalue weighted by Crippen LogP contribution is 2.57. The molecular formula is C54H37NOS. The number of hydrogen-bond donors (Lipinski definition) is 0. The first-order valence-corrected chi connectivity index (χ1v) is 21.0. The van der Waals surface area contributed by atoms with Gasteiger partial charge in [0.25, 0.3) is 0 Å². The van der Waals surface area contributed by atoms with Crippen LogP contribution in [0.4, 0.5) is 0 Å². The van der Waals surface area contributed by atoms with E-state index in [0.717, 1.165) is 30.8 Å². The van der Waals surface area contributed by atoms with E-state index in [-0.39, 0.29) is 5.41 Å². The Hall–Kier alpha value is -6.42. The summed E-state index contributed by atoms with van der Waals surface area (Å²) in [6.07, 6.45) is 5.59. The van der Waals surface area contributed by atoms with Gasteiger partial charge in [0.2, 0.25) is 0 Å². The van der Waals surface area contributed by atoms with Gasteiger partial charge in [0.15, 0.2) is 0 Å². The number of rotatable bonds is 2. The van der Waals surface area contributed by atoms with Crippen molar-refractivity contribution < 1.29 is 4.74 Å². The van der Waals surface area contributed by atoms with Gasteiger partial charge >= 0.3 is 0 Å². The van der Waals surface area contributed by atoms with E-state index in [1.54, 1.807) is 0 Å². The maximum Gasteiger partial charge on any atom is 0.141 e. The van der Waals surface area contributed by atoms with Crippen LogP contribution in [0, 0.1) is 0 Å². The highest BCUT2D eigenvalue weighted by molar-refractivity contribution is 7.26. The zero-order chi connectivity index (χ0) is 37.6. The Labute approximate surface area is 334 Å². The average molecular weight is 748 g/mol. The summed E-state index contributed by atoms with van der Waals surface area (Å²) in [5, 5.41) is 10.1. The average Bonchev–Trinajstić information content (AvgIpc) is 3.93. The number of thiophene rings is 1. The zero-order valence-electron chi connectivity index (χ0n) is 31.8. The molecule has 0 amide bonds. The number of hydrogen-bond acceptors (Lipinski definition) is 2. The minimum absolute atomic E-state index is 0.349. The molecule has 0 saturated heterocycles. The van der Waals surface area contributed by atoms with Crippen molar-refractivity contribution in [2.24, 2.45) is 0 Å². The molecule has 0 atom stereocenters. The fourth-order valence-corrected chi connectivity index (χ4v) is 12.1. The van der Waals surface area contributed by atoms with E-state index in [0.29, 0.717) is 0 Å². The van der Waals surface area contributed by atoms with Gasteiger partial charge in [0.1, 0.15) is 11.5 Å². The summed E-state index contributed by atoms with van der Waals surface area (Å²) in [5.74, 6) is 1.93. The topological polar surface area (TPSA) is 14.2 Å². The van der Waals surface area contributed by atoms with E-state index < -0.39 is 0 Å². The zero-order valence-corrected chi connectivity index (χ0v) is 32.6. The molecule has 3 heterocycles. The van der Waals surface area contributed by atoms with Crippen molar-refractivity contribution in [1.29, 1.82) is 0 Å². The number of benzene rings is 8. The predicted octanol–water partition coefficient (Wildman–Crippen LogP) is 15.2. The Balaban J connectivity index is 1.05. The Morgan fingerprint density at radius 3 is 2.30 bits per heavy atom. The number of para-hydroxylation sites is 1. The van der Waals surface area contributed by atoms with E-state index in [1.807, 2.05) is 11.3 Å². The van der Waals surface area contributed by atoms with Gasteiger partial charge in [-0.15, -0.1) is 11.3 Å². The number of fused-ring (bicyclic) bond motifs is 15. The van der Waals surface area contributed by atoms with Crippen molar-refractivity contribution >= 4 is 86.1 Å². The molecule has 8 aromatic carbocycles. The fraction of sp³-hybridized carbons (Fsp3) is 0.111. The molecule has 270 valence electrons. The molecule has 10 aromatic rings. The van der Waals surface area contributed by atoms with Crippen LogP contribution in [-0.4, -0.2) is 4.57 Å². The molecule has 3 heteroatoms. The van der Waals surface area contributed by atoms with Crippen LogP contribution in [0.25, 0.3) is 85.9 Å². The van der Waals surface area contributed by atoms with Crippen LogP contribution >= 0.6 is 11.3 Å². The van der Waals surface area contributed by atoms with E-state index in [1.165, 1.54) is 114 Å². The van der Waals surface area contributed by atoms with Gasteiger partial charge in [-0.1, -0.05) is 135 Å². The molecule has 0 fully saturated rings. The van der Waals surface area contributed by atoms with Crippen LogP contribution in [0.3, 0.4) is 0 Å². The molecule has 13 rings (SSSR count). The van der Waals surface area contributed by atoms with Gasteiger partial charge in [-0.05, 0) is 92.6 Å². The van der Waals surface area contributed by atoms with Crippen LogP contribution in [0.1, 0.15) is 48.9 Å². The van der Waals surface area contributed by atoms with Crippen molar-refractivity contribution in [3.8, 4) is 22.6 Å². The molecule has 0 saturated carbocycles. The van der Waals surface area contributed by atoms with Crippen LogP contribution in [-0.2, 0) is 11.8 Å². The first-order chi connectivity index (χ1) is 28.0. The Morgan fingerprint density at radius 1 is 0.596 bits per heavy atom. The van der Waals surface area contributed by atoms with Crippen LogP contribution in [0.2, 0.25) is 0 Å². The first kappa shape index (κ1) is 31.7. The fourth-order valence-electron chi connectivity index (χ4n) is 10.9. The second-order valence-electron chi connectivity index (χ2n) is 16.6. The van der Waals surface area contributed by atoms with Gasteiger partial charge in [0.05, 0.1) is 16.4 Å². The van der Waals surface area contributed by atoms with Crippen LogP contribution < -0.4 is 4.74 Å². The number of ether oxygens (including phenoxy) is 1. The summed E-state index contributed by atoms with van der Waals surface area (Å²) in [4.78, 5) is 0. The molecule has 57 heavy (non-hydrogen) atoms. The Bertz CT molecular complexity index is 3500. The van der Waals surface area contributed by atoms with E-state index >= 15 is 0 Å². The van der Waals surface area contributed by atoms with Crippen molar-refractivity contribution in [1.82, 2.24) is 4.57 Å². The third-order valence-electron chi connectivity index (χ3n) is 13.3. The predicted molar refractivity (Wildman–Crippen MR) is 242 cm³/mol. The van der Waals surface area contributed by atoms with Crippen LogP contribution in [0.5, 0.6) is 11.5 Å². The number of nitrogens with zero attached hydrogens (tertiary/aromatic N) is 1. The lowest BCUT2D eigenvalue weighted by atomic mass is 9.72. The summed E-state index contributed by atoms with van der Waals surface area (Å²) in [6, 6.07) is 54.2. The summed E-state index contributed by atoms with van der Waals surface area (Å²) < 4.78 is 12.5. The molecule has 1 aliphatic heterocycles. The second-order valence-corrected chi connectivity index (χ2v) is 17.7. The standard InChI is InChI=1S/C54H37NOS/c1-54(2)43-26-27-46-50(40-18-7-9-22-44(40)55(46)45-23-12-19-35-33-15-5-3-13-31(33)30-42(35)45)52(43)56-47-28-25-37-41(29-32-14-4-6-16-34(32)49(37)51(47)54)39-21-11-20-38-36-17-8-10-24-48(36)57-53(38)39/h3-11,13-18,20-29H,12,19,30H2,1-2H3. The normalized spacial score (nSPS) is 15.6. The minimum Gasteiger partial charge on any atom is -0.456 e. The van der Waals surface area contributed by atoms with Crippen LogP contribution in [0.15, 0.2) is 157 Å². The molecule has 0 radical (unpaired) electrons. The molecule has 2 aromatic heterocycles. The molecule has 0 spiro atoms. The van der Waals surface area contributed by atoms with E-state index in [2.05, 4.69) is 170 Å². The second kappa shape index (κ2) is 11.3. The number of allylic oxidation sites excluding steroid dienone is 4. The first-order valence-electron chi connectivity index (χ1n) is 20.2. The van der Waals surface area contributed by atoms with Gasteiger partial charge in [0, 0.05) is 59.8 Å². The summed E-state index contributed by atoms with van der Waals surface area (Å²) >= 11 is 1.90. The lowest BCUT2D eigenvalue weighted by Crippen LogP contribution is -2.25. The maximum atomic E-state index is 7.34. The molecule has 2 nitrogen and oxygen atoms in total. The number of aromatic nitrogens is 1. The quantitative estimate of drug-likeness (QED) is 0.161. The monoisotopic (exact) mass is 747 g/mol. The minimum atomic E-state index is -0.349. The van der Waals surface area contributed by atoms with E-state index in [9.17, 15) is 0 Å². The lowest BCUT2D eigenvalue weighted by Gasteiger charge is -2.36. The SMILES string of the molecule is CC1(C)c2ccc3c(c2Oc2ccc4c(-c5cccc6c5sc5ccccc56)cc5ccccc5c4c21)c1ccccc1n3C1=CCCC2=C1Cc1ccccc12. The maximum absolute atomic E-state index is 7.34. The molecule has 0 bridgehead atoms. The summed E-state index contributed by atoms with van der Waals surface area (Å²) in [7, 11) is 0. The van der Waals surface area contributed by atoms with Gasteiger partial charge in [-0.3, -0.25) is 0 Å². The van der Waals surface area contributed by atoms with Crippen molar-refractivity contribution in [3.05, 3.63) is 179 Å². The van der Waals surface area contributed by atoms with Gasteiger partial charge < -0.3 is 9.30 Å². The molecule has 2 aliphatic carbocycles. The Morgan fingerprint density at radius 2 is 1.37 bits per heavy atom. The Kier molecular flexibility index (Phi) is 6.32. The van der Waals surface area contributed by atoms with Crippen molar-refractivity contribution in [2.75, 3.05) is 0 Å². The van der Waals surface area contributed by atoms with Gasteiger partial charge in [-0.25, -0.2) is 0 Å². The van der Waals surface area contributed by atoms with Gasteiger partial charge in [-0.2, -0.15) is 0 Å².